The van der Waals surface area contributed by atoms with E-state index in [1.165, 1.54) is 0 Å². The number of aryl methyl sites for hydroxylation is 1. The fraction of sp³-hybridized carbons (Fsp3) is 0.529. The summed E-state index contributed by atoms with van der Waals surface area (Å²) in [6.45, 7) is 7.20. The van der Waals surface area contributed by atoms with Crippen LogP contribution in [0.5, 0.6) is 5.75 Å². The fourth-order valence-electron chi connectivity index (χ4n) is 2.92. The normalized spacial score (nSPS) is 20.9. The second kappa shape index (κ2) is 7.35. The van der Waals surface area contributed by atoms with Crippen molar-refractivity contribution < 1.29 is 19.4 Å². The Hall–Kier alpha value is -2.24. The van der Waals surface area contributed by atoms with Crippen molar-refractivity contribution in [2.45, 2.75) is 27.2 Å². The first-order chi connectivity index (χ1) is 10.9. The van der Waals surface area contributed by atoms with Gasteiger partial charge in [-0.05, 0) is 49.9 Å². The highest BCUT2D eigenvalue weighted by Gasteiger charge is 2.32. The molecule has 2 amide bonds. The number of hydrogen-bond donors (Lipinski definition) is 2. The Morgan fingerprint density at radius 1 is 1.39 bits per heavy atom. The third-order valence-electron chi connectivity index (χ3n) is 4.05. The van der Waals surface area contributed by atoms with E-state index in [0.29, 0.717) is 25.3 Å². The molecule has 0 bridgehead atoms. The van der Waals surface area contributed by atoms with Gasteiger partial charge in [0.2, 0.25) is 0 Å². The predicted octanol–water partition coefficient (Wildman–Crippen LogP) is 2.97. The number of aliphatic carboxylic acids is 1. The van der Waals surface area contributed by atoms with E-state index in [-0.39, 0.29) is 18.5 Å². The number of piperidine rings is 1. The lowest BCUT2D eigenvalue weighted by Gasteiger charge is -2.34. The van der Waals surface area contributed by atoms with E-state index >= 15 is 0 Å². The summed E-state index contributed by atoms with van der Waals surface area (Å²) in [6.07, 6.45) is 0.612. The first-order valence-electron chi connectivity index (χ1n) is 7.92. The standard InChI is InChI=1S/C17H24N2O4/c1-4-23-14-5-6-15(12(3)8-14)18-17(22)19-9-11(2)7-13(10-19)16(20)21/h5-6,8,11,13H,4,7,9-10H2,1-3H3,(H,18,22)(H,20,21). The van der Waals surface area contributed by atoms with Crippen LogP contribution in [0.2, 0.25) is 0 Å². The smallest absolute Gasteiger partial charge is 0.321 e. The Morgan fingerprint density at radius 2 is 2.13 bits per heavy atom. The SMILES string of the molecule is CCOc1ccc(NC(=O)N2CC(C)CC(C(=O)O)C2)c(C)c1. The molecule has 6 heteroatoms. The summed E-state index contributed by atoms with van der Waals surface area (Å²) in [4.78, 5) is 25.2. The number of anilines is 1. The molecule has 2 atom stereocenters. The number of rotatable bonds is 4. The molecule has 1 aromatic rings. The maximum Gasteiger partial charge on any atom is 0.321 e. The van der Waals surface area contributed by atoms with Crippen LogP contribution in [-0.2, 0) is 4.79 Å². The van der Waals surface area contributed by atoms with Gasteiger partial charge in [0.05, 0.1) is 12.5 Å². The lowest BCUT2D eigenvalue weighted by molar-refractivity contribution is -0.143. The molecule has 0 aromatic heterocycles. The number of amides is 2. The Morgan fingerprint density at radius 3 is 2.74 bits per heavy atom. The van der Waals surface area contributed by atoms with Crippen molar-refractivity contribution in [1.29, 1.82) is 0 Å². The summed E-state index contributed by atoms with van der Waals surface area (Å²) < 4.78 is 5.43. The van der Waals surface area contributed by atoms with Crippen LogP contribution in [0.25, 0.3) is 0 Å². The summed E-state index contributed by atoms with van der Waals surface area (Å²) in [5.74, 6) is -0.393. The Bertz CT molecular complexity index is 588. The molecule has 2 unspecified atom stereocenters. The number of nitrogens with zero attached hydrogens (tertiary/aromatic N) is 1. The maximum atomic E-state index is 12.4. The minimum atomic E-state index is -0.841. The molecular weight excluding hydrogens is 296 g/mol. The van der Waals surface area contributed by atoms with Crippen LogP contribution < -0.4 is 10.1 Å². The Balaban J connectivity index is 2.05. The van der Waals surface area contributed by atoms with E-state index in [2.05, 4.69) is 5.32 Å². The third kappa shape index (κ3) is 4.37. The average molecular weight is 320 g/mol. The van der Waals surface area contributed by atoms with Crippen LogP contribution in [0.3, 0.4) is 0 Å². The second-order valence-electron chi connectivity index (χ2n) is 6.12. The predicted molar refractivity (Wildman–Crippen MR) is 87.8 cm³/mol. The molecule has 0 radical (unpaired) electrons. The first-order valence-corrected chi connectivity index (χ1v) is 7.92. The summed E-state index contributed by atoms with van der Waals surface area (Å²) in [6, 6.07) is 5.23. The number of carbonyl (C=O) groups is 2. The van der Waals surface area contributed by atoms with E-state index < -0.39 is 11.9 Å². The topological polar surface area (TPSA) is 78.9 Å². The number of likely N-dealkylation sites (tertiary alicyclic amines) is 1. The zero-order valence-corrected chi connectivity index (χ0v) is 13.8. The van der Waals surface area contributed by atoms with Crippen LogP contribution in [0, 0.1) is 18.8 Å². The maximum absolute atomic E-state index is 12.4. The molecular formula is C17H24N2O4. The van der Waals surface area contributed by atoms with Crippen molar-refractivity contribution in [3.8, 4) is 5.75 Å². The minimum Gasteiger partial charge on any atom is -0.494 e. The van der Waals surface area contributed by atoms with Crippen LogP contribution in [0.15, 0.2) is 18.2 Å². The zero-order chi connectivity index (χ0) is 17.0. The number of carbonyl (C=O) groups excluding carboxylic acids is 1. The van der Waals surface area contributed by atoms with Crippen LogP contribution in [0.1, 0.15) is 25.8 Å². The zero-order valence-electron chi connectivity index (χ0n) is 13.8. The molecule has 0 spiro atoms. The van der Waals surface area contributed by atoms with Crippen LogP contribution in [0.4, 0.5) is 10.5 Å². The molecule has 1 saturated heterocycles. The van der Waals surface area contributed by atoms with Gasteiger partial charge < -0.3 is 20.1 Å². The van der Waals surface area contributed by atoms with Gasteiger partial charge in [-0.25, -0.2) is 4.79 Å². The molecule has 126 valence electrons. The van der Waals surface area contributed by atoms with Crippen molar-refractivity contribution in [1.82, 2.24) is 4.90 Å². The average Bonchev–Trinajstić information content (AvgIpc) is 2.49. The first kappa shape index (κ1) is 17.1. The minimum absolute atomic E-state index is 0.178. The van der Waals surface area contributed by atoms with Gasteiger partial charge >= 0.3 is 12.0 Å². The van der Waals surface area contributed by atoms with E-state index in [4.69, 9.17) is 4.74 Å². The van der Waals surface area contributed by atoms with Gasteiger partial charge in [0, 0.05) is 18.8 Å². The summed E-state index contributed by atoms with van der Waals surface area (Å²) in [5.41, 5.74) is 1.62. The number of urea groups is 1. The van der Waals surface area contributed by atoms with Crippen LogP contribution in [-0.4, -0.2) is 41.7 Å². The van der Waals surface area contributed by atoms with Gasteiger partial charge in [-0.15, -0.1) is 0 Å². The van der Waals surface area contributed by atoms with Crippen molar-refractivity contribution in [3.63, 3.8) is 0 Å². The van der Waals surface area contributed by atoms with Crippen molar-refractivity contribution in [2.24, 2.45) is 11.8 Å². The lowest BCUT2D eigenvalue weighted by atomic mass is 9.91. The number of nitrogens with one attached hydrogen (secondary N) is 1. The van der Waals surface area contributed by atoms with Crippen LogP contribution >= 0.6 is 0 Å². The van der Waals surface area contributed by atoms with Gasteiger partial charge in [0.15, 0.2) is 0 Å². The largest absolute Gasteiger partial charge is 0.494 e. The van der Waals surface area contributed by atoms with Gasteiger partial charge in [0.1, 0.15) is 5.75 Å². The summed E-state index contributed by atoms with van der Waals surface area (Å²) >= 11 is 0. The van der Waals surface area contributed by atoms with E-state index in [0.717, 1.165) is 11.3 Å². The molecule has 0 aliphatic carbocycles. The number of carboxylic acid groups (broad SMARTS) is 1. The van der Waals surface area contributed by atoms with E-state index in [1.54, 1.807) is 11.0 Å². The van der Waals surface area contributed by atoms with Gasteiger partial charge in [-0.2, -0.15) is 0 Å². The number of carboxylic acids is 1. The second-order valence-corrected chi connectivity index (χ2v) is 6.12. The molecule has 1 aliphatic rings. The molecule has 0 saturated carbocycles. The highest BCUT2D eigenvalue weighted by molar-refractivity contribution is 5.90. The van der Waals surface area contributed by atoms with Gasteiger partial charge in [-0.3, -0.25) is 4.79 Å². The van der Waals surface area contributed by atoms with Crippen molar-refractivity contribution in [3.05, 3.63) is 23.8 Å². The van der Waals surface area contributed by atoms with E-state index in [9.17, 15) is 14.7 Å². The van der Waals surface area contributed by atoms with Crippen molar-refractivity contribution >= 4 is 17.7 Å². The lowest BCUT2D eigenvalue weighted by Crippen LogP contribution is -2.47. The number of ether oxygens (including phenoxy) is 1. The highest BCUT2D eigenvalue weighted by atomic mass is 16.5. The molecule has 2 rings (SSSR count). The number of benzene rings is 1. The summed E-state index contributed by atoms with van der Waals surface area (Å²) in [5, 5.41) is 12.1. The molecule has 23 heavy (non-hydrogen) atoms. The molecule has 6 nitrogen and oxygen atoms in total. The molecule has 2 N–H and O–H groups in total. The summed E-state index contributed by atoms with van der Waals surface area (Å²) in [7, 11) is 0. The van der Waals surface area contributed by atoms with Crippen molar-refractivity contribution in [2.75, 3.05) is 25.0 Å². The van der Waals surface area contributed by atoms with Gasteiger partial charge in [-0.1, -0.05) is 6.92 Å². The van der Waals surface area contributed by atoms with E-state index in [1.807, 2.05) is 32.9 Å². The Kier molecular flexibility index (Phi) is 5.47. The molecule has 1 aliphatic heterocycles. The number of hydrogen-bond acceptors (Lipinski definition) is 3. The van der Waals surface area contributed by atoms with Gasteiger partial charge in [0.25, 0.3) is 0 Å². The highest BCUT2D eigenvalue weighted by Crippen LogP contribution is 2.25. The quantitative estimate of drug-likeness (QED) is 0.894. The molecule has 1 fully saturated rings. The molecule has 1 heterocycles. The Labute approximate surface area is 136 Å². The monoisotopic (exact) mass is 320 g/mol. The third-order valence-corrected chi connectivity index (χ3v) is 4.05. The molecule has 1 aromatic carbocycles. The fourth-order valence-corrected chi connectivity index (χ4v) is 2.92.